The van der Waals surface area contributed by atoms with Crippen LogP contribution >= 0.6 is 11.5 Å². The second-order valence-corrected chi connectivity index (χ2v) is 2.12. The van der Waals surface area contributed by atoms with E-state index in [2.05, 4.69) is 9.59 Å². The molecule has 50 valence electrons. The number of hydrogen-bond acceptors (Lipinski definition) is 2. The van der Waals surface area contributed by atoms with E-state index in [0.29, 0.717) is 11.5 Å². The predicted molar refractivity (Wildman–Crippen MR) is 23.7 cm³/mol. The molecule has 6 heteroatoms. The van der Waals surface area contributed by atoms with E-state index < -0.39 is 11.1 Å². The summed E-state index contributed by atoms with van der Waals surface area (Å²) in [6.45, 7) is 0. The Kier molecular flexibility index (Phi) is 1.40. The number of aromatic amines is 1. The van der Waals surface area contributed by atoms with Crippen molar-refractivity contribution in [1.82, 2.24) is 4.49 Å². The van der Waals surface area contributed by atoms with Crippen molar-refractivity contribution in [2.24, 2.45) is 0 Å². The Morgan fingerprint density at radius 1 is 1.56 bits per heavy atom. The predicted octanol–water partition coefficient (Wildman–Crippen LogP) is 0.976. The summed E-state index contributed by atoms with van der Waals surface area (Å²) in [4.78, 5) is -0.706. The van der Waals surface area contributed by atoms with Crippen molar-refractivity contribution >= 4 is 11.5 Å². The van der Waals surface area contributed by atoms with E-state index in [-0.39, 0.29) is 0 Å². The Morgan fingerprint density at radius 3 is 2.44 bits per heavy atom. The lowest BCUT2D eigenvalue weighted by Crippen LogP contribution is -2.03. The molecule has 1 aromatic heterocycles. The fraction of sp³-hybridized carbons (Fsp3) is 0.333. The van der Waals surface area contributed by atoms with E-state index in [1.54, 1.807) is 0 Å². The van der Waals surface area contributed by atoms with Crippen LogP contribution in [0.4, 0.5) is 13.2 Å². The Hall–Kier alpha value is -0.650. The van der Waals surface area contributed by atoms with Gasteiger partial charge in [0.05, 0.1) is 4.49 Å². The third kappa shape index (κ3) is 1.38. The Labute approximate surface area is 52.5 Å². The molecule has 0 radical (unpaired) electrons. The van der Waals surface area contributed by atoms with Crippen molar-refractivity contribution in [1.29, 1.82) is 0 Å². The number of rotatable bonds is 0. The molecule has 0 amide bonds. The fourth-order valence-electron chi connectivity index (χ4n) is 0.320. The number of nitrogens with zero attached hydrogens (tertiary/aromatic N) is 1. The summed E-state index contributed by atoms with van der Waals surface area (Å²) in [7, 11) is 0. The van der Waals surface area contributed by atoms with Crippen molar-refractivity contribution in [3.8, 4) is 0 Å². The summed E-state index contributed by atoms with van der Waals surface area (Å²) in [6.07, 6.45) is -3.43. The molecule has 2 nitrogen and oxygen atoms in total. The Balaban J connectivity index is 2.90. The summed E-state index contributed by atoms with van der Waals surface area (Å²) >= 11 is 0.399. The molecular formula is C3H2F3N2S+. The summed E-state index contributed by atoms with van der Waals surface area (Å²) < 4.78 is 37.9. The first-order valence-corrected chi connectivity index (χ1v) is 2.78. The number of nitrogens with one attached hydrogen (secondary N) is 1. The van der Waals surface area contributed by atoms with Gasteiger partial charge in [-0.15, -0.1) is 0 Å². The molecule has 0 spiro atoms. The van der Waals surface area contributed by atoms with Gasteiger partial charge in [0.1, 0.15) is 0 Å². The molecule has 0 aliphatic heterocycles. The summed E-state index contributed by atoms with van der Waals surface area (Å²) in [6, 6.07) is 0. The summed E-state index contributed by atoms with van der Waals surface area (Å²) in [5, 5.41) is 2.08. The minimum absolute atomic E-state index is 0.399. The van der Waals surface area contributed by atoms with Gasteiger partial charge in [-0.2, -0.15) is 13.2 Å². The van der Waals surface area contributed by atoms with Gasteiger partial charge in [0.15, 0.2) is 4.88 Å². The van der Waals surface area contributed by atoms with Crippen LogP contribution in [-0.4, -0.2) is 4.49 Å². The van der Waals surface area contributed by atoms with Crippen LogP contribution in [0, 0.1) is 0 Å². The molecule has 0 fully saturated rings. The van der Waals surface area contributed by atoms with Crippen LogP contribution in [0.15, 0.2) is 6.20 Å². The molecule has 0 atom stereocenters. The average molecular weight is 155 g/mol. The first-order valence-electron chi connectivity index (χ1n) is 2.00. The molecule has 1 heterocycles. The SMILES string of the molecule is FC(F)(F)c1c[nH+]ns1. The molecule has 1 aromatic rings. The molecule has 1 N–H and O–H groups in total. The van der Waals surface area contributed by atoms with Crippen molar-refractivity contribution in [2.75, 3.05) is 0 Å². The maximum Gasteiger partial charge on any atom is 0.433 e. The van der Waals surface area contributed by atoms with Crippen LogP contribution in [0.25, 0.3) is 0 Å². The first-order chi connectivity index (χ1) is 4.11. The van der Waals surface area contributed by atoms with Gasteiger partial charge in [0, 0.05) is 11.5 Å². The number of hydrogen-bond donors (Lipinski definition) is 0. The highest BCUT2D eigenvalue weighted by atomic mass is 32.1. The topological polar surface area (TPSA) is 27.0 Å². The Bertz CT molecular complexity index is 179. The molecule has 0 unspecified atom stereocenters. The van der Waals surface area contributed by atoms with Crippen molar-refractivity contribution < 1.29 is 18.3 Å². The van der Waals surface area contributed by atoms with E-state index in [1.165, 1.54) is 0 Å². The molecule has 1 rings (SSSR count). The number of aromatic nitrogens is 2. The lowest BCUT2D eigenvalue weighted by Gasteiger charge is -1.95. The molecular weight excluding hydrogens is 153 g/mol. The largest absolute Gasteiger partial charge is 0.433 e. The fourth-order valence-corrected chi connectivity index (χ4v) is 0.733. The van der Waals surface area contributed by atoms with E-state index >= 15 is 0 Å². The van der Waals surface area contributed by atoms with Gasteiger partial charge in [-0.05, 0) is 0 Å². The minimum atomic E-state index is -4.25. The quantitative estimate of drug-likeness (QED) is 0.548. The van der Waals surface area contributed by atoms with Crippen LogP contribution in [0.5, 0.6) is 0 Å². The number of halogens is 3. The Morgan fingerprint density at radius 2 is 2.22 bits per heavy atom. The number of alkyl halides is 3. The van der Waals surface area contributed by atoms with Gasteiger partial charge >= 0.3 is 6.18 Å². The van der Waals surface area contributed by atoms with Gasteiger partial charge in [-0.3, -0.25) is 0 Å². The maximum atomic E-state index is 11.6. The lowest BCUT2D eigenvalue weighted by molar-refractivity contribution is -0.444. The third-order valence-electron chi connectivity index (χ3n) is 0.672. The smallest absolute Gasteiger partial charge is 0.165 e. The number of H-pyrrole nitrogens is 1. The third-order valence-corrected chi connectivity index (χ3v) is 1.41. The zero-order valence-electron chi connectivity index (χ0n) is 4.07. The molecule has 9 heavy (non-hydrogen) atoms. The van der Waals surface area contributed by atoms with Crippen molar-refractivity contribution in [3.05, 3.63) is 11.1 Å². The van der Waals surface area contributed by atoms with E-state index in [1.807, 2.05) is 0 Å². The molecule has 0 bridgehead atoms. The second kappa shape index (κ2) is 1.94. The standard InChI is InChI=1S/C3HF3N2S/c4-3(5,6)2-1-7-8-9-2/h1H/p+1. The summed E-state index contributed by atoms with van der Waals surface area (Å²) in [5.74, 6) is 0. The highest BCUT2D eigenvalue weighted by molar-refractivity contribution is 7.05. The maximum absolute atomic E-state index is 11.6. The van der Waals surface area contributed by atoms with Gasteiger partial charge < -0.3 is 0 Å². The zero-order chi connectivity index (χ0) is 6.91. The first kappa shape index (κ1) is 6.47. The lowest BCUT2D eigenvalue weighted by atomic mass is 10.5. The van der Waals surface area contributed by atoms with Crippen LogP contribution in [0.2, 0.25) is 0 Å². The molecule has 0 aliphatic carbocycles. The van der Waals surface area contributed by atoms with Crippen molar-refractivity contribution in [2.45, 2.75) is 6.18 Å². The highest BCUT2D eigenvalue weighted by Gasteiger charge is 2.35. The van der Waals surface area contributed by atoms with Gasteiger partial charge in [0.25, 0.3) is 0 Å². The highest BCUT2D eigenvalue weighted by Crippen LogP contribution is 2.29. The van der Waals surface area contributed by atoms with Crippen LogP contribution in [0.3, 0.4) is 0 Å². The van der Waals surface area contributed by atoms with Gasteiger partial charge in [0.2, 0.25) is 6.20 Å². The van der Waals surface area contributed by atoms with E-state index in [9.17, 15) is 13.2 Å². The minimum Gasteiger partial charge on any atom is -0.165 e. The zero-order valence-corrected chi connectivity index (χ0v) is 4.88. The molecule has 0 aliphatic rings. The van der Waals surface area contributed by atoms with Crippen LogP contribution < -0.4 is 5.10 Å². The van der Waals surface area contributed by atoms with Crippen LogP contribution in [-0.2, 0) is 6.18 Å². The van der Waals surface area contributed by atoms with E-state index in [4.69, 9.17) is 0 Å². The second-order valence-electron chi connectivity index (χ2n) is 1.32. The van der Waals surface area contributed by atoms with Gasteiger partial charge in [-0.25, -0.2) is 0 Å². The molecule has 0 saturated heterocycles. The van der Waals surface area contributed by atoms with Gasteiger partial charge in [-0.1, -0.05) is 5.10 Å². The average Bonchev–Trinajstić information content (AvgIpc) is 2.08. The summed E-state index contributed by atoms with van der Waals surface area (Å²) in [5.41, 5.74) is 0. The normalized spacial score (nSPS) is 11.9. The molecule has 0 aromatic carbocycles. The molecule has 0 saturated carbocycles. The van der Waals surface area contributed by atoms with Crippen molar-refractivity contribution in [3.63, 3.8) is 0 Å². The monoisotopic (exact) mass is 155 g/mol. The van der Waals surface area contributed by atoms with Crippen LogP contribution in [0.1, 0.15) is 4.88 Å². The van der Waals surface area contributed by atoms with E-state index in [0.717, 1.165) is 6.20 Å².